The second-order valence-electron chi connectivity index (χ2n) is 6.83. The van der Waals surface area contributed by atoms with Crippen molar-refractivity contribution in [2.24, 2.45) is 0 Å². The van der Waals surface area contributed by atoms with Crippen LogP contribution >= 0.6 is 11.3 Å². The number of aromatic nitrogens is 3. The SMILES string of the molecule is CC(C(=O)Nc1ccc(NC(=O)c2csc3c2CCCC3)cc1)n1cncn1. The van der Waals surface area contributed by atoms with Gasteiger partial charge in [-0.3, -0.25) is 9.59 Å². The molecule has 3 aromatic rings. The summed E-state index contributed by atoms with van der Waals surface area (Å²) >= 11 is 1.68. The average Bonchev–Trinajstić information content (AvgIpc) is 3.39. The lowest BCUT2D eigenvalue weighted by molar-refractivity contribution is -0.119. The number of aryl methyl sites for hydroxylation is 1. The lowest BCUT2D eigenvalue weighted by atomic mass is 9.95. The highest BCUT2D eigenvalue weighted by Gasteiger charge is 2.20. The van der Waals surface area contributed by atoms with Crippen LogP contribution in [0.25, 0.3) is 0 Å². The van der Waals surface area contributed by atoms with Gasteiger partial charge in [0.1, 0.15) is 18.7 Å². The van der Waals surface area contributed by atoms with Crippen molar-refractivity contribution in [3.63, 3.8) is 0 Å². The fraction of sp³-hybridized carbons (Fsp3) is 0.300. The molecule has 1 atom stereocenters. The number of fused-ring (bicyclic) bond motifs is 1. The van der Waals surface area contributed by atoms with Crippen molar-refractivity contribution in [3.05, 3.63) is 58.3 Å². The van der Waals surface area contributed by atoms with Gasteiger partial charge in [-0.05, 0) is 62.4 Å². The Kier molecular flexibility index (Phi) is 5.21. The first kappa shape index (κ1) is 18.4. The number of hydrogen-bond acceptors (Lipinski definition) is 5. The minimum Gasteiger partial charge on any atom is -0.324 e. The van der Waals surface area contributed by atoms with Crippen molar-refractivity contribution in [2.75, 3.05) is 10.6 Å². The van der Waals surface area contributed by atoms with Gasteiger partial charge in [-0.15, -0.1) is 11.3 Å². The number of rotatable bonds is 5. The van der Waals surface area contributed by atoms with Crippen molar-refractivity contribution in [1.29, 1.82) is 0 Å². The number of carbonyl (C=O) groups is 2. The fourth-order valence-corrected chi connectivity index (χ4v) is 4.43. The van der Waals surface area contributed by atoms with Crippen LogP contribution in [-0.4, -0.2) is 26.6 Å². The molecular weight excluding hydrogens is 374 g/mol. The molecule has 8 heteroatoms. The van der Waals surface area contributed by atoms with E-state index in [2.05, 4.69) is 20.7 Å². The zero-order valence-corrected chi connectivity index (χ0v) is 16.3. The minimum atomic E-state index is -0.466. The number of thiophene rings is 1. The first-order chi connectivity index (χ1) is 13.6. The summed E-state index contributed by atoms with van der Waals surface area (Å²) in [6.45, 7) is 1.75. The second-order valence-corrected chi connectivity index (χ2v) is 7.79. The molecule has 7 nitrogen and oxygen atoms in total. The molecule has 0 aliphatic heterocycles. The van der Waals surface area contributed by atoms with E-state index in [1.165, 1.54) is 34.2 Å². The third kappa shape index (κ3) is 3.82. The van der Waals surface area contributed by atoms with E-state index in [9.17, 15) is 9.59 Å². The van der Waals surface area contributed by atoms with Crippen LogP contribution in [0.15, 0.2) is 42.3 Å². The predicted octanol–water partition coefficient (Wildman–Crippen LogP) is 3.67. The van der Waals surface area contributed by atoms with Gasteiger partial charge in [-0.25, -0.2) is 9.67 Å². The number of benzene rings is 1. The summed E-state index contributed by atoms with van der Waals surface area (Å²) in [4.78, 5) is 30.1. The molecule has 1 aliphatic carbocycles. The molecule has 1 aliphatic rings. The topological polar surface area (TPSA) is 88.9 Å². The van der Waals surface area contributed by atoms with Crippen LogP contribution in [0.4, 0.5) is 11.4 Å². The third-order valence-corrected chi connectivity index (χ3v) is 6.02. The molecule has 0 saturated carbocycles. The zero-order valence-electron chi connectivity index (χ0n) is 15.5. The summed E-state index contributed by atoms with van der Waals surface area (Å²) < 4.78 is 1.49. The Labute approximate surface area is 166 Å². The van der Waals surface area contributed by atoms with Crippen LogP contribution in [0.1, 0.15) is 46.6 Å². The van der Waals surface area contributed by atoms with Crippen molar-refractivity contribution in [1.82, 2.24) is 14.8 Å². The molecular formula is C20H21N5O2S. The van der Waals surface area contributed by atoms with Gasteiger partial charge in [-0.1, -0.05) is 0 Å². The largest absolute Gasteiger partial charge is 0.324 e. The number of carbonyl (C=O) groups excluding carboxylic acids is 2. The molecule has 144 valence electrons. The van der Waals surface area contributed by atoms with Gasteiger partial charge in [0.15, 0.2) is 0 Å². The molecule has 2 heterocycles. The Bertz CT molecular complexity index is 979. The zero-order chi connectivity index (χ0) is 19.5. The lowest BCUT2D eigenvalue weighted by Gasteiger charge is -2.14. The lowest BCUT2D eigenvalue weighted by Crippen LogP contribution is -2.24. The van der Waals surface area contributed by atoms with Gasteiger partial charge in [0.25, 0.3) is 5.91 Å². The monoisotopic (exact) mass is 395 g/mol. The highest BCUT2D eigenvalue weighted by Crippen LogP contribution is 2.30. The summed E-state index contributed by atoms with van der Waals surface area (Å²) in [7, 11) is 0. The van der Waals surface area contributed by atoms with Crippen molar-refractivity contribution >= 4 is 34.5 Å². The fourth-order valence-electron chi connectivity index (χ4n) is 3.30. The van der Waals surface area contributed by atoms with E-state index in [1.807, 2.05) is 5.38 Å². The summed E-state index contributed by atoms with van der Waals surface area (Å²) in [5.74, 6) is -0.261. The van der Waals surface area contributed by atoms with Crippen LogP contribution in [0, 0.1) is 0 Å². The summed E-state index contributed by atoms with van der Waals surface area (Å²) in [5, 5.41) is 11.7. The summed E-state index contributed by atoms with van der Waals surface area (Å²) in [5.41, 5.74) is 3.35. The van der Waals surface area contributed by atoms with E-state index in [1.54, 1.807) is 42.5 Å². The molecule has 2 aromatic heterocycles. The number of anilines is 2. The molecule has 1 unspecified atom stereocenters. The number of nitrogens with zero attached hydrogens (tertiary/aromatic N) is 3. The number of hydrogen-bond donors (Lipinski definition) is 2. The summed E-state index contributed by atoms with van der Waals surface area (Å²) in [6.07, 6.45) is 7.31. The van der Waals surface area contributed by atoms with E-state index in [0.29, 0.717) is 11.4 Å². The molecule has 0 bridgehead atoms. The van der Waals surface area contributed by atoms with E-state index >= 15 is 0 Å². The molecule has 2 amide bonds. The van der Waals surface area contributed by atoms with E-state index in [4.69, 9.17) is 0 Å². The van der Waals surface area contributed by atoms with Gasteiger partial charge in [-0.2, -0.15) is 5.10 Å². The van der Waals surface area contributed by atoms with Crippen molar-refractivity contribution < 1.29 is 9.59 Å². The summed E-state index contributed by atoms with van der Waals surface area (Å²) in [6, 6.07) is 6.64. The highest BCUT2D eigenvalue weighted by molar-refractivity contribution is 7.10. The Morgan fingerprint density at radius 2 is 1.82 bits per heavy atom. The second kappa shape index (κ2) is 7.93. The number of nitrogens with one attached hydrogen (secondary N) is 2. The van der Waals surface area contributed by atoms with Crippen LogP contribution in [-0.2, 0) is 17.6 Å². The molecule has 2 N–H and O–H groups in total. The van der Waals surface area contributed by atoms with E-state index in [0.717, 1.165) is 24.8 Å². The quantitative estimate of drug-likeness (QED) is 0.690. The molecule has 0 spiro atoms. The van der Waals surface area contributed by atoms with E-state index in [-0.39, 0.29) is 11.8 Å². The molecule has 4 rings (SSSR count). The van der Waals surface area contributed by atoms with Gasteiger partial charge in [0.2, 0.25) is 5.91 Å². The Morgan fingerprint density at radius 3 is 2.54 bits per heavy atom. The maximum absolute atomic E-state index is 12.6. The molecule has 28 heavy (non-hydrogen) atoms. The van der Waals surface area contributed by atoms with Crippen molar-refractivity contribution in [3.8, 4) is 0 Å². The first-order valence-electron chi connectivity index (χ1n) is 9.27. The van der Waals surface area contributed by atoms with Gasteiger partial charge in [0, 0.05) is 21.6 Å². The van der Waals surface area contributed by atoms with Crippen LogP contribution in [0.3, 0.4) is 0 Å². The average molecular weight is 395 g/mol. The minimum absolute atomic E-state index is 0.0732. The van der Waals surface area contributed by atoms with Gasteiger partial charge < -0.3 is 10.6 Å². The van der Waals surface area contributed by atoms with Gasteiger partial charge in [0.05, 0.1) is 5.56 Å². The van der Waals surface area contributed by atoms with Crippen LogP contribution < -0.4 is 10.6 Å². The maximum atomic E-state index is 12.6. The van der Waals surface area contributed by atoms with Crippen LogP contribution in [0.2, 0.25) is 0 Å². The standard InChI is InChI=1S/C20H21N5O2S/c1-13(25-12-21-11-22-25)19(26)23-14-6-8-15(9-7-14)24-20(27)17-10-28-18-5-3-2-4-16(17)18/h6-13H,2-5H2,1H3,(H,23,26)(H,24,27). The van der Waals surface area contributed by atoms with Gasteiger partial charge >= 0.3 is 0 Å². The highest BCUT2D eigenvalue weighted by atomic mass is 32.1. The normalized spacial score (nSPS) is 14.2. The maximum Gasteiger partial charge on any atom is 0.256 e. The van der Waals surface area contributed by atoms with Crippen molar-refractivity contribution in [2.45, 2.75) is 38.6 Å². The Hall–Kier alpha value is -3.00. The first-order valence-corrected chi connectivity index (χ1v) is 10.2. The molecule has 0 saturated heterocycles. The Morgan fingerprint density at radius 1 is 1.11 bits per heavy atom. The molecule has 1 aromatic carbocycles. The van der Waals surface area contributed by atoms with Crippen LogP contribution in [0.5, 0.6) is 0 Å². The van der Waals surface area contributed by atoms with E-state index < -0.39 is 6.04 Å². The smallest absolute Gasteiger partial charge is 0.256 e. The molecule has 0 radical (unpaired) electrons. The number of amides is 2. The molecule has 0 fully saturated rings. The Balaban J connectivity index is 1.39. The third-order valence-electron chi connectivity index (χ3n) is 4.93. The predicted molar refractivity (Wildman–Crippen MR) is 109 cm³/mol.